The summed E-state index contributed by atoms with van der Waals surface area (Å²) < 4.78 is 1.97. The smallest absolute Gasteiger partial charge is 0.253 e. The van der Waals surface area contributed by atoms with Crippen LogP contribution in [0.1, 0.15) is 15.9 Å². The molecule has 1 aliphatic rings. The van der Waals surface area contributed by atoms with E-state index in [1.165, 1.54) is 5.56 Å². The third-order valence-corrected chi connectivity index (χ3v) is 5.93. The Morgan fingerprint density at radius 2 is 1.34 bits per heavy atom. The van der Waals surface area contributed by atoms with E-state index in [0.717, 1.165) is 55.2 Å². The van der Waals surface area contributed by atoms with Gasteiger partial charge in [-0.25, -0.2) is 4.68 Å². The Bertz CT molecular complexity index is 1160. The molecule has 1 fully saturated rings. The van der Waals surface area contributed by atoms with Crippen molar-refractivity contribution in [2.24, 2.45) is 0 Å². The average molecular weight is 423 g/mol. The summed E-state index contributed by atoms with van der Waals surface area (Å²) >= 11 is 0. The number of aromatic nitrogens is 2. The average Bonchev–Trinajstić information content (AvgIpc) is 3.29. The largest absolute Gasteiger partial charge is 0.336 e. The second-order valence-electron chi connectivity index (χ2n) is 8.08. The highest BCUT2D eigenvalue weighted by atomic mass is 16.2. The molecule has 0 unspecified atom stereocenters. The molecule has 0 spiro atoms. The minimum Gasteiger partial charge on any atom is -0.336 e. The summed E-state index contributed by atoms with van der Waals surface area (Å²) in [5.74, 6) is 0.118. The van der Waals surface area contributed by atoms with Crippen LogP contribution in [0.2, 0.25) is 0 Å². The van der Waals surface area contributed by atoms with E-state index in [2.05, 4.69) is 47.5 Å². The first-order valence-electron chi connectivity index (χ1n) is 11.0. The van der Waals surface area contributed by atoms with Gasteiger partial charge in [-0.05, 0) is 24.3 Å². The Labute approximate surface area is 188 Å². The zero-order valence-corrected chi connectivity index (χ0v) is 18.0. The molecule has 4 aromatic rings. The van der Waals surface area contributed by atoms with Crippen LogP contribution < -0.4 is 0 Å². The Morgan fingerprint density at radius 1 is 0.750 bits per heavy atom. The number of amides is 1. The predicted octanol–water partition coefficient (Wildman–Crippen LogP) is 4.50. The first kappa shape index (κ1) is 20.2. The Morgan fingerprint density at radius 3 is 2.00 bits per heavy atom. The zero-order valence-electron chi connectivity index (χ0n) is 18.0. The van der Waals surface area contributed by atoms with Gasteiger partial charge in [-0.1, -0.05) is 66.7 Å². The fraction of sp³-hybridized carbons (Fsp3) is 0.185. The molecule has 0 atom stereocenters. The number of para-hydroxylation sites is 1. The van der Waals surface area contributed by atoms with Gasteiger partial charge in [0.25, 0.3) is 5.91 Å². The van der Waals surface area contributed by atoms with Gasteiger partial charge >= 0.3 is 0 Å². The lowest BCUT2D eigenvalue weighted by Gasteiger charge is -2.34. The van der Waals surface area contributed by atoms with Crippen LogP contribution >= 0.6 is 0 Å². The number of piperazine rings is 1. The number of rotatable bonds is 5. The minimum absolute atomic E-state index is 0.118. The fourth-order valence-corrected chi connectivity index (χ4v) is 4.19. The Balaban J connectivity index is 1.33. The van der Waals surface area contributed by atoms with Crippen LogP contribution in [0, 0.1) is 0 Å². The fourth-order valence-electron chi connectivity index (χ4n) is 4.19. The number of carbonyl (C=O) groups is 1. The van der Waals surface area contributed by atoms with Crippen molar-refractivity contribution in [2.45, 2.75) is 6.54 Å². The predicted molar refractivity (Wildman–Crippen MR) is 127 cm³/mol. The summed E-state index contributed by atoms with van der Waals surface area (Å²) in [5, 5.41) is 4.92. The highest BCUT2D eigenvalue weighted by molar-refractivity contribution is 5.94. The van der Waals surface area contributed by atoms with Crippen LogP contribution in [0.3, 0.4) is 0 Å². The van der Waals surface area contributed by atoms with Crippen molar-refractivity contribution in [2.75, 3.05) is 26.2 Å². The molecule has 160 valence electrons. The van der Waals surface area contributed by atoms with Gasteiger partial charge < -0.3 is 4.90 Å². The normalized spacial score (nSPS) is 14.4. The standard InChI is InChI=1S/C27H26N4O/c32-27(23-12-6-2-7-13-23)30-18-16-29(17-19-30)20-24-21-31(25-14-8-3-9-15-25)28-26(24)22-10-4-1-5-11-22/h1-15,21H,16-20H2. The van der Waals surface area contributed by atoms with Crippen LogP contribution in [0.25, 0.3) is 16.9 Å². The van der Waals surface area contributed by atoms with Crippen molar-refractivity contribution >= 4 is 5.91 Å². The lowest BCUT2D eigenvalue weighted by molar-refractivity contribution is 0.0628. The topological polar surface area (TPSA) is 41.4 Å². The van der Waals surface area contributed by atoms with Crippen molar-refractivity contribution in [1.82, 2.24) is 19.6 Å². The molecular weight excluding hydrogens is 396 g/mol. The van der Waals surface area contributed by atoms with E-state index in [4.69, 9.17) is 5.10 Å². The van der Waals surface area contributed by atoms with E-state index in [1.54, 1.807) is 0 Å². The summed E-state index contributed by atoms with van der Waals surface area (Å²) in [6, 6.07) is 30.1. The third kappa shape index (κ3) is 4.34. The molecule has 5 nitrogen and oxygen atoms in total. The number of hydrogen-bond donors (Lipinski definition) is 0. The summed E-state index contributed by atoms with van der Waals surface area (Å²) in [6.45, 7) is 3.99. The van der Waals surface area contributed by atoms with Crippen molar-refractivity contribution in [3.8, 4) is 16.9 Å². The van der Waals surface area contributed by atoms with Gasteiger partial charge in [0, 0.05) is 55.6 Å². The van der Waals surface area contributed by atoms with Gasteiger partial charge in [0.05, 0.1) is 11.4 Å². The van der Waals surface area contributed by atoms with Gasteiger partial charge in [0.2, 0.25) is 0 Å². The molecule has 32 heavy (non-hydrogen) atoms. The van der Waals surface area contributed by atoms with Gasteiger partial charge in [0.15, 0.2) is 0 Å². The van der Waals surface area contributed by atoms with Crippen LogP contribution in [-0.4, -0.2) is 51.7 Å². The molecule has 1 aliphatic heterocycles. The Hall–Kier alpha value is -3.70. The summed E-state index contributed by atoms with van der Waals surface area (Å²) in [4.78, 5) is 17.1. The van der Waals surface area contributed by atoms with E-state index in [-0.39, 0.29) is 5.91 Å². The number of benzene rings is 3. The Kier molecular flexibility index (Phi) is 5.81. The van der Waals surface area contributed by atoms with Gasteiger partial charge in [-0.3, -0.25) is 9.69 Å². The summed E-state index contributed by atoms with van der Waals surface area (Å²) in [7, 11) is 0. The van der Waals surface area contributed by atoms with E-state index in [0.29, 0.717) is 0 Å². The van der Waals surface area contributed by atoms with E-state index < -0.39 is 0 Å². The zero-order chi connectivity index (χ0) is 21.8. The third-order valence-electron chi connectivity index (χ3n) is 5.93. The van der Waals surface area contributed by atoms with Crippen LogP contribution in [-0.2, 0) is 6.54 Å². The molecule has 0 N–H and O–H groups in total. The van der Waals surface area contributed by atoms with Crippen LogP contribution in [0.5, 0.6) is 0 Å². The molecule has 0 saturated carbocycles. The first-order chi connectivity index (χ1) is 15.8. The van der Waals surface area contributed by atoms with E-state index in [1.807, 2.05) is 64.2 Å². The maximum Gasteiger partial charge on any atom is 0.253 e. The lowest BCUT2D eigenvalue weighted by atomic mass is 10.1. The van der Waals surface area contributed by atoms with Crippen molar-refractivity contribution in [3.63, 3.8) is 0 Å². The van der Waals surface area contributed by atoms with Gasteiger partial charge in [-0.15, -0.1) is 0 Å². The molecular formula is C27H26N4O. The molecule has 2 heterocycles. The molecule has 1 saturated heterocycles. The number of nitrogens with zero attached hydrogens (tertiary/aromatic N) is 4. The maximum absolute atomic E-state index is 12.8. The van der Waals surface area contributed by atoms with E-state index in [9.17, 15) is 4.79 Å². The molecule has 3 aromatic carbocycles. The molecule has 1 amide bonds. The maximum atomic E-state index is 12.8. The van der Waals surface area contributed by atoms with Crippen LogP contribution in [0.4, 0.5) is 0 Å². The molecule has 0 aliphatic carbocycles. The number of carbonyl (C=O) groups excluding carboxylic acids is 1. The van der Waals surface area contributed by atoms with Crippen LogP contribution in [0.15, 0.2) is 97.2 Å². The minimum atomic E-state index is 0.118. The van der Waals surface area contributed by atoms with Crippen molar-refractivity contribution in [1.29, 1.82) is 0 Å². The second-order valence-corrected chi connectivity index (χ2v) is 8.08. The van der Waals surface area contributed by atoms with Gasteiger partial charge in [-0.2, -0.15) is 5.10 Å². The highest BCUT2D eigenvalue weighted by Gasteiger charge is 2.23. The first-order valence-corrected chi connectivity index (χ1v) is 11.0. The SMILES string of the molecule is O=C(c1ccccc1)N1CCN(Cc2cn(-c3ccccc3)nc2-c2ccccc2)CC1. The van der Waals surface area contributed by atoms with Gasteiger partial charge in [0.1, 0.15) is 0 Å². The summed E-state index contributed by atoms with van der Waals surface area (Å²) in [5.41, 5.74) is 5.14. The second kappa shape index (κ2) is 9.20. The quantitative estimate of drug-likeness (QED) is 0.476. The monoisotopic (exact) mass is 422 g/mol. The lowest BCUT2D eigenvalue weighted by Crippen LogP contribution is -2.48. The summed E-state index contributed by atoms with van der Waals surface area (Å²) in [6.07, 6.45) is 2.14. The highest BCUT2D eigenvalue weighted by Crippen LogP contribution is 2.25. The molecule has 1 aromatic heterocycles. The number of hydrogen-bond acceptors (Lipinski definition) is 3. The van der Waals surface area contributed by atoms with Crippen molar-refractivity contribution < 1.29 is 4.79 Å². The van der Waals surface area contributed by atoms with Crippen molar-refractivity contribution in [3.05, 3.63) is 108 Å². The molecule has 5 rings (SSSR count). The molecule has 0 bridgehead atoms. The molecule has 0 radical (unpaired) electrons. The van der Waals surface area contributed by atoms with E-state index >= 15 is 0 Å². The molecule has 5 heteroatoms.